The number of amides is 1. The molecule has 7 nitrogen and oxygen atoms in total. The highest BCUT2D eigenvalue weighted by molar-refractivity contribution is 8.18. The largest absolute Gasteiger partial charge is 0.456 e. The van der Waals surface area contributed by atoms with Gasteiger partial charge in [0.05, 0.1) is 15.4 Å². The first kappa shape index (κ1) is 22.8. The number of amidine groups is 1. The molecule has 0 unspecified atom stereocenters. The average Bonchev–Trinajstić information content (AvgIpc) is 3.32. The molecule has 0 N–H and O–H groups in total. The molecule has 164 valence electrons. The topological polar surface area (TPSA) is 89.0 Å². The lowest BCUT2D eigenvalue weighted by atomic mass is 10.1. The predicted molar refractivity (Wildman–Crippen MR) is 125 cm³/mol. The number of carbonyl (C=O) groups is 1. The molecule has 1 aromatic heterocycles. The Labute approximate surface area is 186 Å². The van der Waals surface area contributed by atoms with Crippen molar-refractivity contribution in [1.82, 2.24) is 4.90 Å². The fraction of sp³-hybridized carbons (Fsp3) is 0.391. The van der Waals surface area contributed by atoms with Crippen LogP contribution in [0.25, 0.3) is 17.4 Å². The smallest absolute Gasteiger partial charge is 0.280 e. The number of nitro groups is 1. The van der Waals surface area contributed by atoms with E-state index in [-0.39, 0.29) is 11.6 Å². The number of unbranched alkanes of at least 4 members (excludes halogenated alkanes) is 2. The number of carbonyl (C=O) groups excluding carboxylic acids is 1. The summed E-state index contributed by atoms with van der Waals surface area (Å²) in [5.41, 5.74) is 1.22. The minimum atomic E-state index is -0.413. The number of aryl methyl sites for hydroxylation is 1. The number of nitro benzene ring substituents is 1. The van der Waals surface area contributed by atoms with E-state index in [4.69, 9.17) is 4.42 Å². The van der Waals surface area contributed by atoms with Crippen LogP contribution in [0, 0.1) is 17.0 Å². The molecule has 0 bridgehead atoms. The van der Waals surface area contributed by atoms with E-state index in [1.54, 1.807) is 29.2 Å². The van der Waals surface area contributed by atoms with Gasteiger partial charge in [-0.05, 0) is 55.3 Å². The summed E-state index contributed by atoms with van der Waals surface area (Å²) in [6.45, 7) is 7.35. The van der Waals surface area contributed by atoms with E-state index < -0.39 is 4.92 Å². The summed E-state index contributed by atoms with van der Waals surface area (Å²) < 4.78 is 5.86. The molecule has 1 amide bonds. The first-order chi connectivity index (χ1) is 14.9. The van der Waals surface area contributed by atoms with E-state index >= 15 is 0 Å². The normalized spacial score (nSPS) is 16.6. The molecular formula is C23H27N3O4S. The monoisotopic (exact) mass is 441 g/mol. The van der Waals surface area contributed by atoms with Crippen molar-refractivity contribution in [2.24, 2.45) is 4.99 Å². The van der Waals surface area contributed by atoms with Gasteiger partial charge in [0, 0.05) is 25.2 Å². The van der Waals surface area contributed by atoms with Crippen LogP contribution in [-0.4, -0.2) is 34.0 Å². The van der Waals surface area contributed by atoms with Crippen molar-refractivity contribution in [1.29, 1.82) is 0 Å². The van der Waals surface area contributed by atoms with Gasteiger partial charge in [-0.2, -0.15) is 0 Å². The van der Waals surface area contributed by atoms with Crippen LogP contribution in [0.5, 0.6) is 0 Å². The summed E-state index contributed by atoms with van der Waals surface area (Å²) in [5, 5.41) is 12.2. The molecule has 1 aromatic carbocycles. The first-order valence-corrected chi connectivity index (χ1v) is 11.4. The second-order valence-corrected chi connectivity index (χ2v) is 8.43. The van der Waals surface area contributed by atoms with Gasteiger partial charge in [-0.25, -0.2) is 0 Å². The molecule has 8 heteroatoms. The number of furan rings is 1. The summed E-state index contributed by atoms with van der Waals surface area (Å²) >= 11 is 1.36. The Hall–Kier alpha value is -2.87. The van der Waals surface area contributed by atoms with Crippen molar-refractivity contribution in [3.63, 3.8) is 0 Å². The lowest BCUT2D eigenvalue weighted by Gasteiger charge is -2.14. The van der Waals surface area contributed by atoms with Crippen molar-refractivity contribution in [3.8, 4) is 11.3 Å². The first-order valence-electron chi connectivity index (χ1n) is 10.6. The molecule has 0 spiro atoms. The van der Waals surface area contributed by atoms with E-state index in [1.807, 2.05) is 13.0 Å². The van der Waals surface area contributed by atoms with E-state index in [1.165, 1.54) is 17.8 Å². The fourth-order valence-corrected chi connectivity index (χ4v) is 4.19. The van der Waals surface area contributed by atoms with Crippen molar-refractivity contribution >= 4 is 34.6 Å². The highest BCUT2D eigenvalue weighted by atomic mass is 32.2. The van der Waals surface area contributed by atoms with E-state index in [0.717, 1.165) is 36.4 Å². The SMILES string of the molecule is CCCCN=C1S/C(=C/c2ccc(-c3ccc(C)cc3[N+](=O)[O-])o2)C(=O)N1CCCC. The molecule has 31 heavy (non-hydrogen) atoms. The molecule has 1 aliphatic rings. The number of hydrogen-bond donors (Lipinski definition) is 0. The van der Waals surface area contributed by atoms with Crippen LogP contribution in [0.15, 0.2) is 44.6 Å². The summed E-state index contributed by atoms with van der Waals surface area (Å²) in [7, 11) is 0. The molecule has 2 heterocycles. The van der Waals surface area contributed by atoms with Gasteiger partial charge < -0.3 is 4.42 Å². The van der Waals surface area contributed by atoms with Gasteiger partial charge in [0.2, 0.25) is 0 Å². The summed E-state index contributed by atoms with van der Waals surface area (Å²) in [5.74, 6) is 0.799. The van der Waals surface area contributed by atoms with Gasteiger partial charge >= 0.3 is 0 Å². The predicted octanol–water partition coefficient (Wildman–Crippen LogP) is 6.04. The Bertz CT molecular complexity index is 1030. The number of rotatable bonds is 9. The molecule has 1 fully saturated rings. The van der Waals surface area contributed by atoms with Gasteiger partial charge in [0.1, 0.15) is 11.5 Å². The fourth-order valence-electron chi connectivity index (χ4n) is 3.18. The maximum absolute atomic E-state index is 12.9. The zero-order chi connectivity index (χ0) is 22.4. The zero-order valence-electron chi connectivity index (χ0n) is 18.1. The number of benzene rings is 1. The number of aliphatic imine (C=N–C) groups is 1. The third-order valence-electron chi connectivity index (χ3n) is 4.90. The van der Waals surface area contributed by atoms with E-state index in [2.05, 4.69) is 18.8 Å². The highest BCUT2D eigenvalue weighted by Crippen LogP contribution is 2.35. The van der Waals surface area contributed by atoms with Crippen molar-refractivity contribution in [2.75, 3.05) is 13.1 Å². The van der Waals surface area contributed by atoms with Crippen LogP contribution in [0.4, 0.5) is 5.69 Å². The van der Waals surface area contributed by atoms with Crippen molar-refractivity contribution in [3.05, 3.63) is 56.7 Å². The van der Waals surface area contributed by atoms with Crippen molar-refractivity contribution < 1.29 is 14.1 Å². The number of thioether (sulfide) groups is 1. The Balaban J connectivity index is 1.87. The van der Waals surface area contributed by atoms with Crippen LogP contribution >= 0.6 is 11.8 Å². The standard InChI is InChI=1S/C23H27N3O4S/c1-4-6-12-24-23-25(13-7-5-2)22(27)21(31-23)15-17-9-11-20(30-17)18-10-8-16(3)14-19(18)26(28)29/h8-11,14-15H,4-7,12-13H2,1-3H3/b21-15+,24-23?. The van der Waals surface area contributed by atoms with Gasteiger partial charge in [0.15, 0.2) is 5.17 Å². The maximum atomic E-state index is 12.9. The zero-order valence-corrected chi connectivity index (χ0v) is 18.9. The molecule has 0 radical (unpaired) electrons. The average molecular weight is 442 g/mol. The summed E-state index contributed by atoms with van der Waals surface area (Å²) in [4.78, 5) is 30.9. The molecular weight excluding hydrogens is 414 g/mol. The van der Waals surface area contributed by atoms with Crippen LogP contribution in [-0.2, 0) is 4.79 Å². The van der Waals surface area contributed by atoms with Gasteiger partial charge in [0.25, 0.3) is 11.6 Å². The third kappa shape index (κ3) is 5.44. The molecule has 0 atom stereocenters. The molecule has 1 aliphatic heterocycles. The van der Waals surface area contributed by atoms with Gasteiger partial charge in [-0.15, -0.1) is 0 Å². The summed E-state index contributed by atoms with van der Waals surface area (Å²) in [6, 6.07) is 8.44. The second-order valence-electron chi connectivity index (χ2n) is 7.42. The Morgan fingerprint density at radius 1 is 1.19 bits per heavy atom. The summed E-state index contributed by atoms with van der Waals surface area (Å²) in [6.07, 6.45) is 5.63. The van der Waals surface area contributed by atoms with E-state index in [9.17, 15) is 14.9 Å². The van der Waals surface area contributed by atoms with Gasteiger partial charge in [-0.3, -0.25) is 24.8 Å². The number of hydrogen-bond acceptors (Lipinski definition) is 6. The molecule has 3 rings (SSSR count). The Kier molecular flexibility index (Phi) is 7.68. The van der Waals surface area contributed by atoms with Gasteiger partial charge in [-0.1, -0.05) is 32.8 Å². The second kappa shape index (κ2) is 10.4. The van der Waals surface area contributed by atoms with Crippen LogP contribution < -0.4 is 0 Å². The van der Waals surface area contributed by atoms with Crippen LogP contribution in [0.1, 0.15) is 50.9 Å². The molecule has 2 aromatic rings. The van der Waals surface area contributed by atoms with Crippen LogP contribution in [0.3, 0.4) is 0 Å². The third-order valence-corrected chi connectivity index (χ3v) is 5.94. The van der Waals surface area contributed by atoms with Crippen molar-refractivity contribution in [2.45, 2.75) is 46.5 Å². The minimum Gasteiger partial charge on any atom is -0.456 e. The molecule has 0 aliphatic carbocycles. The maximum Gasteiger partial charge on any atom is 0.280 e. The van der Waals surface area contributed by atoms with E-state index in [0.29, 0.717) is 35.1 Å². The Morgan fingerprint density at radius 2 is 1.97 bits per heavy atom. The lowest BCUT2D eigenvalue weighted by Crippen LogP contribution is -2.30. The minimum absolute atomic E-state index is 0.00375. The highest BCUT2D eigenvalue weighted by Gasteiger charge is 2.33. The lowest BCUT2D eigenvalue weighted by molar-refractivity contribution is -0.384. The quantitative estimate of drug-likeness (QED) is 0.205. The molecule has 0 saturated carbocycles. The molecule has 1 saturated heterocycles. The Morgan fingerprint density at radius 3 is 2.68 bits per heavy atom. The number of nitrogens with zero attached hydrogens (tertiary/aromatic N) is 3. The van der Waals surface area contributed by atoms with Crippen LogP contribution in [0.2, 0.25) is 0 Å².